The second-order valence-corrected chi connectivity index (χ2v) is 7.28. The van der Waals surface area contributed by atoms with E-state index in [0.29, 0.717) is 6.54 Å². The molecule has 1 aromatic carbocycles. The van der Waals surface area contributed by atoms with Crippen molar-refractivity contribution in [1.29, 1.82) is 0 Å². The van der Waals surface area contributed by atoms with Gasteiger partial charge in [0.1, 0.15) is 17.1 Å². The monoisotopic (exact) mass is 398 g/mol. The van der Waals surface area contributed by atoms with Crippen LogP contribution in [-0.2, 0) is 19.4 Å². The number of fused-ring (bicyclic) bond motifs is 1. The molecule has 0 spiro atoms. The zero-order valence-corrected chi connectivity index (χ0v) is 16.6. The van der Waals surface area contributed by atoms with E-state index in [1.54, 1.807) is 12.5 Å². The number of nitrogens with zero attached hydrogens (tertiary/aromatic N) is 3. The van der Waals surface area contributed by atoms with E-state index in [1.165, 1.54) is 5.56 Å². The summed E-state index contributed by atoms with van der Waals surface area (Å²) in [6.07, 6.45) is 6.92. The van der Waals surface area contributed by atoms with Gasteiger partial charge in [-0.05, 0) is 36.2 Å². The van der Waals surface area contributed by atoms with Crippen LogP contribution < -0.4 is 5.32 Å². The van der Waals surface area contributed by atoms with Crippen molar-refractivity contribution >= 4 is 16.9 Å². The van der Waals surface area contributed by atoms with Crippen LogP contribution in [0, 0.1) is 6.92 Å². The first-order valence-corrected chi connectivity index (χ1v) is 9.95. The van der Waals surface area contributed by atoms with Crippen molar-refractivity contribution in [1.82, 2.24) is 25.1 Å². The number of aromatic amines is 2. The highest BCUT2D eigenvalue weighted by molar-refractivity contribution is 5.85. The Morgan fingerprint density at radius 1 is 1.07 bits per heavy atom. The number of furan rings is 1. The summed E-state index contributed by atoms with van der Waals surface area (Å²) in [5.41, 5.74) is 7.20. The van der Waals surface area contributed by atoms with Gasteiger partial charge < -0.3 is 14.7 Å². The molecular weight excluding hydrogens is 376 g/mol. The molecule has 0 atom stereocenters. The average Bonchev–Trinajstić information content (AvgIpc) is 3.52. The lowest BCUT2D eigenvalue weighted by atomic mass is 10.0. The summed E-state index contributed by atoms with van der Waals surface area (Å²) in [5, 5.41) is 10.6. The maximum atomic E-state index is 5.40. The first-order chi connectivity index (χ1) is 14.8. The number of rotatable bonds is 7. The number of nitrogens with one attached hydrogen (secondary N) is 3. The van der Waals surface area contributed by atoms with Gasteiger partial charge in [-0.25, -0.2) is 9.97 Å². The molecule has 0 bridgehead atoms. The van der Waals surface area contributed by atoms with E-state index in [4.69, 9.17) is 4.42 Å². The van der Waals surface area contributed by atoms with E-state index in [1.807, 2.05) is 31.3 Å². The van der Waals surface area contributed by atoms with Crippen molar-refractivity contribution in [3.05, 3.63) is 84.0 Å². The molecule has 30 heavy (non-hydrogen) atoms. The number of hydrogen-bond acceptors (Lipinski definition) is 5. The highest BCUT2D eigenvalue weighted by Crippen LogP contribution is 2.23. The molecule has 5 rings (SSSR count). The Labute approximate surface area is 173 Å². The average molecular weight is 398 g/mol. The molecule has 0 fully saturated rings. The first kappa shape index (κ1) is 18.2. The minimum atomic E-state index is 0.713. The number of hydrogen-bond donors (Lipinski definition) is 3. The Hall–Kier alpha value is -3.87. The van der Waals surface area contributed by atoms with Crippen molar-refractivity contribution in [2.45, 2.75) is 26.3 Å². The molecule has 0 aliphatic carbocycles. The van der Waals surface area contributed by atoms with Gasteiger partial charge in [0.2, 0.25) is 0 Å². The summed E-state index contributed by atoms with van der Waals surface area (Å²) in [5.74, 6) is 1.86. The van der Waals surface area contributed by atoms with E-state index in [9.17, 15) is 0 Å². The zero-order valence-electron chi connectivity index (χ0n) is 16.6. The van der Waals surface area contributed by atoms with Crippen LogP contribution in [0.1, 0.15) is 22.8 Å². The quantitative estimate of drug-likeness (QED) is 0.371. The smallest absolute Gasteiger partial charge is 0.179 e. The lowest BCUT2D eigenvalue weighted by molar-refractivity contribution is 0.507. The fourth-order valence-electron chi connectivity index (χ4n) is 3.56. The molecule has 0 amide bonds. The van der Waals surface area contributed by atoms with Gasteiger partial charge >= 0.3 is 0 Å². The van der Waals surface area contributed by atoms with Gasteiger partial charge in [-0.15, -0.1) is 0 Å². The molecule has 3 N–H and O–H groups in total. The van der Waals surface area contributed by atoms with Crippen molar-refractivity contribution in [3.8, 4) is 11.1 Å². The van der Waals surface area contributed by atoms with Crippen LogP contribution in [0.5, 0.6) is 0 Å². The molecule has 0 saturated heterocycles. The lowest BCUT2D eigenvalue weighted by Gasteiger charge is -2.08. The van der Waals surface area contributed by atoms with E-state index >= 15 is 0 Å². The van der Waals surface area contributed by atoms with E-state index in [0.717, 1.165) is 58.1 Å². The minimum absolute atomic E-state index is 0.713. The van der Waals surface area contributed by atoms with Gasteiger partial charge in [0, 0.05) is 36.8 Å². The van der Waals surface area contributed by atoms with Crippen LogP contribution in [0.2, 0.25) is 0 Å². The summed E-state index contributed by atoms with van der Waals surface area (Å²) < 4.78 is 5.40. The summed E-state index contributed by atoms with van der Waals surface area (Å²) in [7, 11) is 0. The SMILES string of the molecule is Cc1[nH]ncc1-c1ccc(CNc2ccnc3nc(CCc4ccco4)[nH]c23)cc1. The molecule has 7 nitrogen and oxygen atoms in total. The molecule has 0 unspecified atom stereocenters. The van der Waals surface area contributed by atoms with Gasteiger partial charge in [-0.2, -0.15) is 5.10 Å². The Balaban J connectivity index is 1.28. The number of H-pyrrole nitrogens is 2. The third-order valence-electron chi connectivity index (χ3n) is 5.21. The fraction of sp³-hybridized carbons (Fsp3) is 0.174. The Morgan fingerprint density at radius 3 is 2.73 bits per heavy atom. The molecule has 5 aromatic rings. The molecule has 0 aliphatic heterocycles. The van der Waals surface area contributed by atoms with Crippen molar-refractivity contribution in [3.63, 3.8) is 0 Å². The second-order valence-electron chi connectivity index (χ2n) is 7.28. The summed E-state index contributed by atoms with van der Waals surface area (Å²) in [4.78, 5) is 12.4. The third-order valence-corrected chi connectivity index (χ3v) is 5.21. The Morgan fingerprint density at radius 2 is 1.97 bits per heavy atom. The largest absolute Gasteiger partial charge is 0.469 e. The Bertz CT molecular complexity index is 1250. The van der Waals surface area contributed by atoms with Crippen LogP contribution >= 0.6 is 0 Å². The number of pyridine rings is 1. The first-order valence-electron chi connectivity index (χ1n) is 9.95. The standard InChI is InChI=1S/C23H22N6O/c1-15-19(14-26-29-15)17-6-4-16(5-7-17)13-25-20-10-11-24-23-22(20)27-21(28-23)9-8-18-3-2-12-30-18/h2-7,10-12,14H,8-9,13H2,1H3,(H,26,29)(H2,24,25,27,28). The van der Waals surface area contributed by atoms with E-state index < -0.39 is 0 Å². The van der Waals surface area contributed by atoms with Gasteiger partial charge in [-0.3, -0.25) is 5.10 Å². The van der Waals surface area contributed by atoms with E-state index in [2.05, 4.69) is 54.7 Å². The maximum absolute atomic E-state index is 5.40. The number of aromatic nitrogens is 5. The van der Waals surface area contributed by atoms with Crippen molar-refractivity contribution in [2.24, 2.45) is 0 Å². The number of imidazole rings is 1. The number of benzene rings is 1. The molecule has 4 aromatic heterocycles. The van der Waals surface area contributed by atoms with Gasteiger partial charge in [0.05, 0.1) is 18.1 Å². The highest BCUT2D eigenvalue weighted by Gasteiger charge is 2.09. The zero-order chi connectivity index (χ0) is 20.3. The highest BCUT2D eigenvalue weighted by atomic mass is 16.3. The van der Waals surface area contributed by atoms with Crippen molar-refractivity contribution < 1.29 is 4.42 Å². The van der Waals surface area contributed by atoms with Crippen LogP contribution in [0.25, 0.3) is 22.3 Å². The Kier molecular flexibility index (Phi) is 4.77. The minimum Gasteiger partial charge on any atom is -0.469 e. The van der Waals surface area contributed by atoms with Gasteiger partial charge in [-0.1, -0.05) is 24.3 Å². The maximum Gasteiger partial charge on any atom is 0.179 e. The topological polar surface area (TPSA) is 95.4 Å². The fourth-order valence-corrected chi connectivity index (χ4v) is 3.56. The number of aryl methyl sites for hydroxylation is 3. The van der Waals surface area contributed by atoms with E-state index in [-0.39, 0.29) is 0 Å². The van der Waals surface area contributed by atoms with Crippen LogP contribution in [0.15, 0.2) is 65.5 Å². The summed E-state index contributed by atoms with van der Waals surface area (Å²) in [6.45, 7) is 2.74. The molecule has 0 aliphatic rings. The molecule has 150 valence electrons. The van der Waals surface area contributed by atoms with Gasteiger partial charge in [0.25, 0.3) is 0 Å². The van der Waals surface area contributed by atoms with Crippen LogP contribution in [0.4, 0.5) is 5.69 Å². The normalized spacial score (nSPS) is 11.2. The third kappa shape index (κ3) is 3.69. The molecular formula is C23H22N6O. The number of anilines is 1. The van der Waals surface area contributed by atoms with Gasteiger partial charge in [0.15, 0.2) is 5.65 Å². The lowest BCUT2D eigenvalue weighted by Crippen LogP contribution is -2.00. The second kappa shape index (κ2) is 7.87. The van der Waals surface area contributed by atoms with Crippen LogP contribution in [0.3, 0.4) is 0 Å². The molecule has 7 heteroatoms. The molecule has 0 radical (unpaired) electrons. The summed E-state index contributed by atoms with van der Waals surface area (Å²) in [6, 6.07) is 14.4. The van der Waals surface area contributed by atoms with Crippen molar-refractivity contribution in [2.75, 3.05) is 5.32 Å². The molecule has 0 saturated carbocycles. The predicted octanol–water partition coefficient (Wildman–Crippen LogP) is 4.65. The van der Waals surface area contributed by atoms with Crippen LogP contribution in [-0.4, -0.2) is 25.1 Å². The predicted molar refractivity (Wildman–Crippen MR) is 116 cm³/mol. The molecule has 4 heterocycles. The summed E-state index contributed by atoms with van der Waals surface area (Å²) >= 11 is 0.